The van der Waals surface area contributed by atoms with Gasteiger partial charge >= 0.3 is 0 Å². The molecule has 0 radical (unpaired) electrons. The van der Waals surface area contributed by atoms with Crippen LogP contribution in [0.5, 0.6) is 5.75 Å². The number of fused-ring (bicyclic) bond motifs is 18. The summed E-state index contributed by atoms with van der Waals surface area (Å²) < 4.78 is 0. The number of carbonyl (C=O) groups is 5. The summed E-state index contributed by atoms with van der Waals surface area (Å²) in [6.07, 6.45) is 11.3. The van der Waals surface area contributed by atoms with Crippen molar-refractivity contribution < 1.29 is 44.4 Å². The Morgan fingerprint density at radius 3 is 2.08 bits per heavy atom. The van der Waals surface area contributed by atoms with Crippen LogP contribution in [0, 0.1) is 24.7 Å². The number of phenolic OH excluding ortho intramolecular Hbond substituents is 1. The van der Waals surface area contributed by atoms with Crippen LogP contribution in [0.25, 0.3) is 0 Å². The van der Waals surface area contributed by atoms with Crippen molar-refractivity contribution >= 4 is 40.6 Å². The third kappa shape index (κ3) is 9.86. The van der Waals surface area contributed by atoms with E-state index in [2.05, 4.69) is 5.32 Å². The van der Waals surface area contributed by atoms with Gasteiger partial charge in [-0.3, -0.25) is 24.0 Å². The van der Waals surface area contributed by atoms with E-state index in [0.717, 1.165) is 0 Å². The zero-order chi connectivity index (χ0) is 38.3. The number of aryl methyl sites for hydroxylation is 1. The van der Waals surface area contributed by atoms with Gasteiger partial charge in [-0.1, -0.05) is 87.1 Å². The molecule has 4 rings (SSSR count). The van der Waals surface area contributed by atoms with Crippen molar-refractivity contribution in [3.8, 4) is 5.75 Å². The van der Waals surface area contributed by atoms with E-state index in [-0.39, 0.29) is 46.8 Å². The highest BCUT2D eigenvalue weighted by Gasteiger charge is 2.38. The minimum atomic E-state index is -1.01. The number of ketones is 4. The van der Waals surface area contributed by atoms with Crippen molar-refractivity contribution in [2.45, 2.75) is 79.6 Å². The lowest BCUT2D eigenvalue weighted by atomic mass is 9.83. The van der Waals surface area contributed by atoms with Gasteiger partial charge in [-0.25, -0.2) is 0 Å². The van der Waals surface area contributed by atoms with Gasteiger partial charge in [0.2, 0.25) is 11.6 Å². The molecule has 0 unspecified atom stereocenters. The second-order valence-electron chi connectivity index (χ2n) is 13.3. The number of carbonyl (C=O) groups excluding carboxylic acids is 5. The minimum Gasteiger partial charge on any atom is -0.507 e. The van der Waals surface area contributed by atoms with Crippen molar-refractivity contribution in [1.82, 2.24) is 5.32 Å². The van der Waals surface area contributed by atoms with E-state index in [9.17, 15) is 44.4 Å². The highest BCUT2D eigenvalue weighted by atomic mass is 35.5. The number of hydrogen-bond acceptors (Lipinski definition) is 9. The lowest BCUT2D eigenvalue weighted by Crippen LogP contribution is -2.34. The van der Waals surface area contributed by atoms with E-state index >= 15 is 0 Å². The molecule has 1 amide bonds. The van der Waals surface area contributed by atoms with Gasteiger partial charge in [-0.2, -0.15) is 0 Å². The molecule has 0 aromatic heterocycles. The Bertz CT molecular complexity index is 1820. The van der Waals surface area contributed by atoms with Crippen LogP contribution >= 0.6 is 11.6 Å². The summed E-state index contributed by atoms with van der Waals surface area (Å²) in [6, 6.07) is 1.26. The molecule has 6 atom stereocenters. The molecule has 4 bridgehead atoms. The zero-order valence-electron chi connectivity index (χ0n) is 29.9. The maximum absolute atomic E-state index is 13.8. The number of benzene rings is 1. The smallest absolute Gasteiger partial charge is 0.251 e. The van der Waals surface area contributed by atoms with Crippen molar-refractivity contribution in [2.24, 2.45) is 17.8 Å². The van der Waals surface area contributed by atoms with Crippen LogP contribution in [0.3, 0.4) is 0 Å². The summed E-state index contributed by atoms with van der Waals surface area (Å²) in [4.78, 5) is 66.8. The quantitative estimate of drug-likeness (QED) is 0.211. The van der Waals surface area contributed by atoms with Crippen LogP contribution < -0.4 is 5.32 Å². The summed E-state index contributed by atoms with van der Waals surface area (Å²) in [6.45, 7) is 11.2. The molecule has 2 heterocycles. The molecular weight excluding hydrogens is 674 g/mol. The average Bonchev–Trinajstić information content (AvgIpc) is 3.09. The molecule has 0 fully saturated rings. The number of rotatable bonds is 0. The molecule has 1 aliphatic carbocycles. The Balaban J connectivity index is 2.08. The van der Waals surface area contributed by atoms with Crippen LogP contribution in [-0.2, 0) is 9.59 Å². The molecule has 0 saturated carbocycles. The minimum absolute atomic E-state index is 0.0812. The first-order valence-corrected chi connectivity index (χ1v) is 17.1. The fourth-order valence-electron chi connectivity index (χ4n) is 5.62. The van der Waals surface area contributed by atoms with Gasteiger partial charge in [0.25, 0.3) is 5.91 Å². The van der Waals surface area contributed by atoms with Crippen molar-refractivity contribution in [1.29, 1.82) is 0 Å². The molecule has 3 aliphatic rings. The molecule has 272 valence electrons. The molecule has 10 nitrogen and oxygen atoms in total. The molecule has 0 spiro atoms. The van der Waals surface area contributed by atoms with Gasteiger partial charge < -0.3 is 25.7 Å². The highest BCUT2D eigenvalue weighted by molar-refractivity contribution is 6.51. The van der Waals surface area contributed by atoms with Gasteiger partial charge in [0.05, 0.1) is 23.9 Å². The highest BCUT2D eigenvalue weighted by Crippen LogP contribution is 2.37. The molecular formula is C40H46ClNO9. The van der Waals surface area contributed by atoms with E-state index in [1.54, 1.807) is 64.2 Å². The number of amides is 1. The third-order valence-corrected chi connectivity index (χ3v) is 9.47. The van der Waals surface area contributed by atoms with E-state index in [0.29, 0.717) is 5.57 Å². The summed E-state index contributed by atoms with van der Waals surface area (Å²) in [5.74, 6) is -5.47. The van der Waals surface area contributed by atoms with E-state index < -0.39 is 81.0 Å². The molecule has 1 aromatic rings. The van der Waals surface area contributed by atoms with Crippen molar-refractivity contribution in [3.05, 3.63) is 110 Å². The van der Waals surface area contributed by atoms with Crippen molar-refractivity contribution in [2.75, 3.05) is 0 Å². The standard InChI is InChI=1S/C40H46ClNO9/c1-20-11-9-8-10-12-23(4)40(51)42-34-33(41)39(50)31-28(38(34)49)18-26(7)37(48)32(31)36(47)25(6)17-24(5)35(46)22(3)14-16-27(43)15-13-21(2)30(45)19-29(20)44/h8-14,16-18,20,22,24,27,29,35,43-44,46,48H,15,19H2,1-7H3,(H,42,51)/b10-8-,11-9-,16-14-,21-13-,23-12-,25-17-/t20-,22-,24-,27-,29-,35-/m0/s1. The summed E-state index contributed by atoms with van der Waals surface area (Å²) >= 11 is 6.36. The molecule has 0 saturated heterocycles. The largest absolute Gasteiger partial charge is 0.507 e. The number of Topliss-reactive ketones (excluding diaryl/α,β-unsaturated/α-hetero) is 4. The molecule has 51 heavy (non-hydrogen) atoms. The van der Waals surface area contributed by atoms with Crippen molar-refractivity contribution in [3.63, 3.8) is 0 Å². The fraction of sp³-hybridized carbons (Fsp3) is 0.375. The number of hydrogen-bond donors (Lipinski definition) is 5. The number of phenols is 1. The van der Waals surface area contributed by atoms with E-state index in [1.165, 1.54) is 45.1 Å². The summed E-state index contributed by atoms with van der Waals surface area (Å²) in [5, 5.41) is 44.9. The topological polar surface area (TPSA) is 178 Å². The van der Waals surface area contributed by atoms with Crippen LogP contribution in [0.2, 0.25) is 0 Å². The second-order valence-corrected chi connectivity index (χ2v) is 13.7. The second kappa shape index (κ2) is 17.6. The number of aliphatic hydroxyl groups excluding tert-OH is 3. The SMILES string of the molecule is C/C1=C/C[C@H](O)/C=C\[C@H](C)[C@H](O)[C@@H](C)/C=C(/C)C(=O)c2c(O)c(C)cc3c2C(=O)C(Cl)=C(NC(=O)\C(C)=C/C=C\C=C/[C@H](C)[C@@H](O)CC1=O)C3=O. The number of nitrogens with one attached hydrogen (secondary N) is 1. The van der Waals surface area contributed by atoms with Gasteiger partial charge in [0.1, 0.15) is 16.5 Å². The normalized spacial score (nSPS) is 31.6. The first kappa shape index (κ1) is 40.9. The fourth-order valence-corrected chi connectivity index (χ4v) is 5.85. The lowest BCUT2D eigenvalue weighted by molar-refractivity contribution is -0.118. The Morgan fingerprint density at radius 2 is 1.41 bits per heavy atom. The maximum Gasteiger partial charge on any atom is 0.251 e. The summed E-state index contributed by atoms with van der Waals surface area (Å²) in [5.41, 5.74) is -0.708. The van der Waals surface area contributed by atoms with E-state index in [4.69, 9.17) is 11.6 Å². The molecule has 2 aliphatic heterocycles. The number of aliphatic hydroxyl groups is 3. The lowest BCUT2D eigenvalue weighted by Gasteiger charge is -2.23. The molecule has 5 N–H and O–H groups in total. The molecule has 11 heteroatoms. The van der Waals surface area contributed by atoms with Crippen LogP contribution in [0.4, 0.5) is 0 Å². The van der Waals surface area contributed by atoms with Crippen LogP contribution in [0.1, 0.15) is 91.0 Å². The molecule has 1 aromatic carbocycles. The first-order chi connectivity index (χ1) is 23.9. The zero-order valence-corrected chi connectivity index (χ0v) is 30.6. The van der Waals surface area contributed by atoms with Crippen LogP contribution in [0.15, 0.2) is 88.2 Å². The predicted molar refractivity (Wildman–Crippen MR) is 195 cm³/mol. The van der Waals surface area contributed by atoms with Gasteiger partial charge in [0.15, 0.2) is 11.6 Å². The Labute approximate surface area is 303 Å². The number of aromatic hydroxyl groups is 1. The van der Waals surface area contributed by atoms with Gasteiger partial charge in [0, 0.05) is 40.9 Å². The summed E-state index contributed by atoms with van der Waals surface area (Å²) in [7, 11) is 0. The van der Waals surface area contributed by atoms with E-state index in [1.807, 2.05) is 0 Å². The number of halogens is 1. The first-order valence-electron chi connectivity index (χ1n) is 16.7. The maximum atomic E-state index is 13.8. The van der Waals surface area contributed by atoms with Gasteiger partial charge in [-0.05, 0) is 56.9 Å². The average molecular weight is 720 g/mol. The number of allylic oxidation sites excluding steroid dienone is 8. The van der Waals surface area contributed by atoms with Crippen LogP contribution in [-0.4, -0.2) is 67.8 Å². The Hall–Kier alpha value is -4.48. The Morgan fingerprint density at radius 1 is 0.745 bits per heavy atom. The Kier molecular flexibility index (Phi) is 14.2. The monoisotopic (exact) mass is 719 g/mol. The van der Waals surface area contributed by atoms with Gasteiger partial charge in [-0.15, -0.1) is 0 Å². The predicted octanol–water partition coefficient (Wildman–Crippen LogP) is 5.69. The third-order valence-electron chi connectivity index (χ3n) is 9.11.